The Kier molecular flexibility index (Phi) is 2.94. The summed E-state index contributed by atoms with van der Waals surface area (Å²) in [5.74, 6) is 0.316. The molecule has 0 saturated carbocycles. The van der Waals surface area contributed by atoms with Crippen molar-refractivity contribution in [2.24, 2.45) is 5.73 Å². The van der Waals surface area contributed by atoms with Gasteiger partial charge in [0, 0.05) is 5.56 Å². The van der Waals surface area contributed by atoms with Crippen LogP contribution in [0, 0.1) is 5.82 Å². The van der Waals surface area contributed by atoms with E-state index in [9.17, 15) is 4.39 Å². The molecule has 1 unspecified atom stereocenters. The zero-order valence-electron chi connectivity index (χ0n) is 8.67. The molecule has 2 aromatic rings. The van der Waals surface area contributed by atoms with Gasteiger partial charge < -0.3 is 10.7 Å². The molecular weight excluding hydrogens is 229 g/mol. The van der Waals surface area contributed by atoms with E-state index in [4.69, 9.17) is 17.3 Å². The van der Waals surface area contributed by atoms with E-state index < -0.39 is 0 Å². The second-order valence-corrected chi connectivity index (χ2v) is 4.00. The Labute approximate surface area is 97.5 Å². The predicted molar refractivity (Wildman–Crippen MR) is 61.6 cm³/mol. The van der Waals surface area contributed by atoms with Crippen molar-refractivity contribution in [1.29, 1.82) is 0 Å². The fourth-order valence-electron chi connectivity index (χ4n) is 1.41. The highest BCUT2D eigenvalue weighted by atomic mass is 35.5. The molecule has 0 amide bonds. The fourth-order valence-corrected chi connectivity index (χ4v) is 1.68. The van der Waals surface area contributed by atoms with Gasteiger partial charge >= 0.3 is 0 Å². The van der Waals surface area contributed by atoms with Crippen molar-refractivity contribution >= 4 is 11.6 Å². The molecule has 5 heteroatoms. The van der Waals surface area contributed by atoms with Gasteiger partial charge in [0.2, 0.25) is 0 Å². The van der Waals surface area contributed by atoms with E-state index in [2.05, 4.69) is 9.97 Å². The molecule has 3 N–H and O–H groups in total. The average molecular weight is 240 g/mol. The third kappa shape index (κ3) is 2.08. The molecule has 0 aliphatic heterocycles. The average Bonchev–Trinajstić information content (AvgIpc) is 2.66. The lowest BCUT2D eigenvalue weighted by Crippen LogP contribution is -2.06. The molecule has 0 radical (unpaired) electrons. The van der Waals surface area contributed by atoms with E-state index in [1.165, 1.54) is 12.1 Å². The van der Waals surface area contributed by atoms with E-state index in [0.29, 0.717) is 16.4 Å². The van der Waals surface area contributed by atoms with Crippen LogP contribution in [0.1, 0.15) is 18.8 Å². The predicted octanol–water partition coefficient (Wildman–Crippen LogP) is 2.89. The van der Waals surface area contributed by atoms with E-state index in [1.54, 1.807) is 12.3 Å². The third-order valence-electron chi connectivity index (χ3n) is 2.25. The van der Waals surface area contributed by atoms with Crippen molar-refractivity contribution in [3.63, 3.8) is 0 Å². The normalized spacial score (nSPS) is 12.8. The first-order valence-electron chi connectivity index (χ1n) is 4.84. The number of imidazole rings is 1. The Balaban J connectivity index is 2.42. The van der Waals surface area contributed by atoms with Gasteiger partial charge in [-0.2, -0.15) is 0 Å². The molecule has 16 heavy (non-hydrogen) atoms. The Morgan fingerprint density at radius 3 is 2.81 bits per heavy atom. The monoisotopic (exact) mass is 239 g/mol. The highest BCUT2D eigenvalue weighted by Gasteiger charge is 2.09. The summed E-state index contributed by atoms with van der Waals surface area (Å²) in [6.45, 7) is 1.83. The Hall–Kier alpha value is -1.39. The van der Waals surface area contributed by atoms with Crippen LogP contribution in [0.5, 0.6) is 0 Å². The molecule has 0 spiro atoms. The summed E-state index contributed by atoms with van der Waals surface area (Å²) < 4.78 is 12.9. The lowest BCUT2D eigenvalue weighted by molar-refractivity contribution is 0.628. The molecule has 3 nitrogen and oxygen atoms in total. The summed E-state index contributed by atoms with van der Waals surface area (Å²) in [6.07, 6.45) is 1.64. The van der Waals surface area contributed by atoms with E-state index in [0.717, 1.165) is 5.69 Å². The van der Waals surface area contributed by atoms with Gasteiger partial charge in [0.05, 0.1) is 23.0 Å². The highest BCUT2D eigenvalue weighted by Crippen LogP contribution is 2.27. The lowest BCUT2D eigenvalue weighted by atomic mass is 10.2. The van der Waals surface area contributed by atoms with Crippen LogP contribution in [0.3, 0.4) is 0 Å². The van der Waals surface area contributed by atoms with Gasteiger partial charge in [-0.3, -0.25) is 0 Å². The number of hydrogen-bond acceptors (Lipinski definition) is 2. The van der Waals surface area contributed by atoms with Crippen LogP contribution >= 0.6 is 11.6 Å². The molecule has 0 bridgehead atoms. The molecule has 2 rings (SSSR count). The number of hydrogen-bond donors (Lipinski definition) is 2. The summed E-state index contributed by atoms with van der Waals surface area (Å²) in [4.78, 5) is 7.17. The number of nitrogens with one attached hydrogen (secondary N) is 1. The number of benzene rings is 1. The molecule has 1 atom stereocenters. The minimum absolute atomic E-state index is 0.173. The van der Waals surface area contributed by atoms with Gasteiger partial charge in [-0.05, 0) is 25.1 Å². The van der Waals surface area contributed by atoms with Crippen LogP contribution in [0.25, 0.3) is 11.3 Å². The van der Waals surface area contributed by atoms with E-state index in [1.807, 2.05) is 6.92 Å². The largest absolute Gasteiger partial charge is 0.341 e. The molecule has 1 heterocycles. The van der Waals surface area contributed by atoms with Crippen LogP contribution in [0.2, 0.25) is 5.02 Å². The topological polar surface area (TPSA) is 54.7 Å². The summed E-state index contributed by atoms with van der Waals surface area (Å²) in [5, 5.41) is 0.347. The van der Waals surface area contributed by atoms with Crippen molar-refractivity contribution in [2.75, 3.05) is 0 Å². The molecule has 84 valence electrons. The number of halogens is 2. The summed E-state index contributed by atoms with van der Waals surface area (Å²) >= 11 is 5.93. The van der Waals surface area contributed by atoms with Crippen LogP contribution in [0.15, 0.2) is 24.4 Å². The van der Waals surface area contributed by atoms with Crippen LogP contribution in [0.4, 0.5) is 4.39 Å². The zero-order valence-corrected chi connectivity index (χ0v) is 9.42. The smallest absolute Gasteiger partial charge is 0.124 e. The first kappa shape index (κ1) is 11.1. The molecule has 0 saturated heterocycles. The standard InChI is InChI=1S/C11H11ClFN3/c1-6(14)11-15-5-10(16-11)8-3-2-7(13)4-9(8)12/h2-6H,14H2,1H3,(H,15,16). The third-order valence-corrected chi connectivity index (χ3v) is 2.56. The van der Waals surface area contributed by atoms with E-state index >= 15 is 0 Å². The maximum Gasteiger partial charge on any atom is 0.124 e. The van der Waals surface area contributed by atoms with Gasteiger partial charge in [0.1, 0.15) is 11.6 Å². The second kappa shape index (κ2) is 4.23. The number of rotatable bonds is 2. The van der Waals surface area contributed by atoms with E-state index in [-0.39, 0.29) is 11.9 Å². The van der Waals surface area contributed by atoms with Crippen LogP contribution in [-0.2, 0) is 0 Å². The van der Waals surface area contributed by atoms with Crippen molar-refractivity contribution in [3.8, 4) is 11.3 Å². The maximum absolute atomic E-state index is 12.9. The SMILES string of the molecule is CC(N)c1ncc(-c2ccc(F)cc2Cl)[nH]1. The minimum atomic E-state index is -0.360. The highest BCUT2D eigenvalue weighted by molar-refractivity contribution is 6.33. The quantitative estimate of drug-likeness (QED) is 0.847. The Morgan fingerprint density at radius 2 is 2.25 bits per heavy atom. The zero-order chi connectivity index (χ0) is 11.7. The van der Waals surface area contributed by atoms with Crippen molar-refractivity contribution in [2.45, 2.75) is 13.0 Å². The van der Waals surface area contributed by atoms with Crippen molar-refractivity contribution < 1.29 is 4.39 Å². The Bertz CT molecular complexity index is 508. The first-order valence-corrected chi connectivity index (χ1v) is 5.21. The molecular formula is C11H11ClFN3. The van der Waals surface area contributed by atoms with Crippen molar-refractivity contribution in [1.82, 2.24) is 9.97 Å². The van der Waals surface area contributed by atoms with Gasteiger partial charge in [-0.15, -0.1) is 0 Å². The Morgan fingerprint density at radius 1 is 1.50 bits per heavy atom. The maximum atomic E-state index is 12.9. The van der Waals surface area contributed by atoms with Crippen LogP contribution in [-0.4, -0.2) is 9.97 Å². The number of nitrogens with zero attached hydrogens (tertiary/aromatic N) is 1. The van der Waals surface area contributed by atoms with Gasteiger partial charge in [-0.25, -0.2) is 9.37 Å². The van der Waals surface area contributed by atoms with Gasteiger partial charge in [0.25, 0.3) is 0 Å². The number of H-pyrrole nitrogens is 1. The van der Waals surface area contributed by atoms with Crippen LogP contribution < -0.4 is 5.73 Å². The number of aromatic nitrogens is 2. The number of aromatic amines is 1. The lowest BCUT2D eigenvalue weighted by Gasteiger charge is -2.02. The minimum Gasteiger partial charge on any atom is -0.341 e. The first-order chi connectivity index (χ1) is 7.58. The molecule has 0 aliphatic rings. The fraction of sp³-hybridized carbons (Fsp3) is 0.182. The molecule has 0 fully saturated rings. The number of nitrogens with two attached hydrogens (primary N) is 1. The van der Waals surface area contributed by atoms with Crippen molar-refractivity contribution in [3.05, 3.63) is 41.1 Å². The van der Waals surface area contributed by atoms with Gasteiger partial charge in [0.15, 0.2) is 0 Å². The molecule has 1 aromatic heterocycles. The molecule has 1 aromatic carbocycles. The molecule has 0 aliphatic carbocycles. The summed E-state index contributed by atoms with van der Waals surface area (Å²) in [6, 6.07) is 4.06. The van der Waals surface area contributed by atoms with Gasteiger partial charge in [-0.1, -0.05) is 11.6 Å². The second-order valence-electron chi connectivity index (χ2n) is 3.59. The summed E-state index contributed by atoms with van der Waals surface area (Å²) in [5.41, 5.74) is 7.12. The summed E-state index contributed by atoms with van der Waals surface area (Å²) in [7, 11) is 0.